The number of anilines is 1. The lowest BCUT2D eigenvalue weighted by Gasteiger charge is -2.25. The molecule has 1 N–H and O–H groups in total. The van der Waals surface area contributed by atoms with Gasteiger partial charge in [0.2, 0.25) is 0 Å². The lowest BCUT2D eigenvalue weighted by molar-refractivity contribution is 0.0852. The van der Waals surface area contributed by atoms with Crippen LogP contribution in [0.3, 0.4) is 0 Å². The molecule has 0 radical (unpaired) electrons. The van der Waals surface area contributed by atoms with Crippen LogP contribution in [0.1, 0.15) is 25.1 Å². The summed E-state index contributed by atoms with van der Waals surface area (Å²) in [5.41, 5.74) is 0.989. The zero-order valence-electron chi connectivity index (χ0n) is 16.7. The molecule has 1 aliphatic heterocycles. The van der Waals surface area contributed by atoms with Gasteiger partial charge in [-0.25, -0.2) is 9.97 Å². The van der Waals surface area contributed by atoms with Crippen LogP contribution < -0.4 is 5.32 Å². The maximum absolute atomic E-state index is 5.69. The first-order chi connectivity index (χ1) is 13.1. The number of aromatic nitrogens is 2. The summed E-state index contributed by atoms with van der Waals surface area (Å²) in [4.78, 5) is 14.0. The van der Waals surface area contributed by atoms with Gasteiger partial charge in [-0.3, -0.25) is 4.90 Å². The van der Waals surface area contributed by atoms with E-state index in [1.165, 1.54) is 0 Å². The second-order valence-corrected chi connectivity index (χ2v) is 7.49. The molecule has 1 aromatic carbocycles. The third-order valence-corrected chi connectivity index (χ3v) is 4.67. The smallest absolute Gasteiger partial charge is 0.145 e. The van der Waals surface area contributed by atoms with E-state index >= 15 is 0 Å². The summed E-state index contributed by atoms with van der Waals surface area (Å²) in [7, 11) is 6.30. The van der Waals surface area contributed by atoms with Crippen molar-refractivity contribution in [2.75, 3.05) is 46.1 Å². The van der Waals surface area contributed by atoms with Crippen LogP contribution in [0.2, 0.25) is 0 Å². The van der Waals surface area contributed by atoms with E-state index < -0.39 is 0 Å². The highest BCUT2D eigenvalue weighted by molar-refractivity contribution is 5.88. The first-order valence-corrected chi connectivity index (χ1v) is 9.75. The van der Waals surface area contributed by atoms with Gasteiger partial charge >= 0.3 is 0 Å². The number of allylic oxidation sites excluding steroid dienone is 1. The lowest BCUT2D eigenvalue weighted by atomic mass is 10.1. The topological polar surface area (TPSA) is 53.5 Å². The van der Waals surface area contributed by atoms with Gasteiger partial charge in [0.25, 0.3) is 0 Å². The Balaban J connectivity index is 1.68. The van der Waals surface area contributed by atoms with Gasteiger partial charge in [0.1, 0.15) is 17.7 Å². The molecule has 0 aliphatic carbocycles. The highest BCUT2D eigenvalue weighted by Crippen LogP contribution is 2.21. The normalized spacial score (nSPS) is 16.9. The molecule has 1 atom stereocenters. The van der Waals surface area contributed by atoms with Crippen molar-refractivity contribution in [1.29, 1.82) is 0 Å². The zero-order valence-corrected chi connectivity index (χ0v) is 16.7. The molecular formula is C21H31N5O. The molecule has 3 rings (SSSR count). The highest BCUT2D eigenvalue weighted by Gasteiger charge is 2.15. The van der Waals surface area contributed by atoms with Crippen LogP contribution in [0.4, 0.5) is 5.82 Å². The van der Waals surface area contributed by atoms with Crippen molar-refractivity contribution in [3.63, 3.8) is 0 Å². The summed E-state index contributed by atoms with van der Waals surface area (Å²) >= 11 is 0. The van der Waals surface area contributed by atoms with Crippen molar-refractivity contribution in [2.45, 2.75) is 31.9 Å². The molecule has 0 saturated carbocycles. The standard InChI is InChI=1S/C21H31N5O/c1-25(2)13-8-12-22-21-18-10-4-5-11-19(18)23-20(24-21)16-26(3)15-17-9-6-7-14-27-17/h4-5,7,10-11,14,17H,6,8-9,12-13,15-16H2,1-3H3,(H,22,23,24). The number of ether oxygens (including phenoxy) is 1. The van der Waals surface area contributed by atoms with Crippen molar-refractivity contribution < 1.29 is 4.74 Å². The van der Waals surface area contributed by atoms with E-state index in [0.29, 0.717) is 6.54 Å². The number of fused-ring (bicyclic) bond motifs is 1. The van der Waals surface area contributed by atoms with Gasteiger partial charge < -0.3 is 15.0 Å². The molecule has 1 aliphatic rings. The molecule has 0 amide bonds. The Morgan fingerprint density at radius 3 is 2.81 bits per heavy atom. The summed E-state index contributed by atoms with van der Waals surface area (Å²) in [5.74, 6) is 1.78. The van der Waals surface area contributed by atoms with Crippen LogP contribution in [0.15, 0.2) is 36.6 Å². The van der Waals surface area contributed by atoms with E-state index in [1.54, 1.807) is 0 Å². The Hall–Kier alpha value is -2.18. The van der Waals surface area contributed by atoms with E-state index in [1.807, 2.05) is 18.4 Å². The van der Waals surface area contributed by atoms with E-state index in [2.05, 4.69) is 54.5 Å². The molecule has 2 heterocycles. The minimum absolute atomic E-state index is 0.254. The Morgan fingerprint density at radius 2 is 2.04 bits per heavy atom. The van der Waals surface area contributed by atoms with Crippen LogP contribution in [-0.2, 0) is 11.3 Å². The van der Waals surface area contributed by atoms with Crippen LogP contribution >= 0.6 is 0 Å². The van der Waals surface area contributed by atoms with Gasteiger partial charge in [0, 0.05) is 18.5 Å². The zero-order chi connectivity index (χ0) is 19.1. The maximum Gasteiger partial charge on any atom is 0.145 e. The molecular weight excluding hydrogens is 338 g/mol. The summed E-state index contributed by atoms with van der Waals surface area (Å²) < 4.78 is 5.69. The first-order valence-electron chi connectivity index (χ1n) is 9.75. The average Bonchev–Trinajstić information content (AvgIpc) is 2.65. The van der Waals surface area contributed by atoms with Crippen LogP contribution in [0.5, 0.6) is 0 Å². The fourth-order valence-corrected chi connectivity index (χ4v) is 3.31. The van der Waals surface area contributed by atoms with E-state index in [9.17, 15) is 0 Å². The largest absolute Gasteiger partial charge is 0.497 e. The Bertz CT molecular complexity index is 761. The number of rotatable bonds is 9. The first kappa shape index (κ1) is 19.6. The second kappa shape index (κ2) is 9.67. The number of benzene rings is 1. The van der Waals surface area contributed by atoms with Crippen molar-refractivity contribution >= 4 is 16.7 Å². The Labute approximate surface area is 162 Å². The van der Waals surface area contributed by atoms with Gasteiger partial charge in [-0.1, -0.05) is 12.1 Å². The van der Waals surface area contributed by atoms with Gasteiger partial charge in [0.05, 0.1) is 18.3 Å². The highest BCUT2D eigenvalue weighted by atomic mass is 16.5. The summed E-state index contributed by atoms with van der Waals surface area (Å²) in [6.45, 7) is 3.55. The molecule has 6 heteroatoms. The predicted octanol–water partition coefficient (Wildman–Crippen LogP) is 3.12. The second-order valence-electron chi connectivity index (χ2n) is 7.49. The average molecular weight is 370 g/mol. The van der Waals surface area contributed by atoms with E-state index in [0.717, 1.165) is 61.4 Å². The Kier molecular flexibility index (Phi) is 7.01. The third-order valence-electron chi connectivity index (χ3n) is 4.67. The van der Waals surface area contributed by atoms with Gasteiger partial charge in [-0.15, -0.1) is 0 Å². The number of hydrogen-bond donors (Lipinski definition) is 1. The third kappa shape index (κ3) is 5.91. The van der Waals surface area contributed by atoms with Gasteiger partial charge in [0.15, 0.2) is 0 Å². The lowest BCUT2D eigenvalue weighted by Crippen LogP contribution is -2.31. The molecule has 0 fully saturated rings. The number of para-hydroxylation sites is 1. The molecule has 1 aromatic heterocycles. The van der Waals surface area contributed by atoms with Gasteiger partial charge in [-0.05, 0) is 65.2 Å². The molecule has 0 saturated heterocycles. The number of nitrogens with zero attached hydrogens (tertiary/aromatic N) is 4. The molecule has 27 heavy (non-hydrogen) atoms. The number of hydrogen-bond acceptors (Lipinski definition) is 6. The fourth-order valence-electron chi connectivity index (χ4n) is 3.31. The van der Waals surface area contributed by atoms with Crippen LogP contribution in [0.25, 0.3) is 10.9 Å². The van der Waals surface area contributed by atoms with Crippen molar-refractivity contribution in [2.24, 2.45) is 0 Å². The van der Waals surface area contributed by atoms with Crippen LogP contribution in [-0.4, -0.2) is 66.6 Å². The fraction of sp³-hybridized carbons (Fsp3) is 0.524. The molecule has 146 valence electrons. The summed E-state index contributed by atoms with van der Waals surface area (Å²) in [6.07, 6.45) is 7.39. The molecule has 0 bridgehead atoms. The summed E-state index contributed by atoms with van der Waals surface area (Å²) in [5, 5.41) is 4.59. The minimum Gasteiger partial charge on any atom is -0.497 e. The minimum atomic E-state index is 0.254. The van der Waals surface area contributed by atoms with Crippen molar-refractivity contribution in [3.05, 3.63) is 42.4 Å². The molecule has 6 nitrogen and oxygen atoms in total. The molecule has 0 spiro atoms. The monoisotopic (exact) mass is 369 g/mol. The Morgan fingerprint density at radius 1 is 1.19 bits per heavy atom. The predicted molar refractivity (Wildman–Crippen MR) is 111 cm³/mol. The van der Waals surface area contributed by atoms with E-state index in [-0.39, 0.29) is 6.10 Å². The van der Waals surface area contributed by atoms with Crippen molar-refractivity contribution in [1.82, 2.24) is 19.8 Å². The summed E-state index contributed by atoms with van der Waals surface area (Å²) in [6, 6.07) is 8.21. The molecule has 2 aromatic rings. The quantitative estimate of drug-likeness (QED) is 0.686. The van der Waals surface area contributed by atoms with Crippen molar-refractivity contribution in [3.8, 4) is 0 Å². The molecule has 1 unspecified atom stereocenters. The van der Waals surface area contributed by atoms with E-state index in [4.69, 9.17) is 14.7 Å². The SMILES string of the molecule is CN(C)CCCNc1nc(CN(C)CC2CCC=CO2)nc2ccccc12. The maximum atomic E-state index is 5.69. The van der Waals surface area contributed by atoms with Crippen LogP contribution in [0, 0.1) is 0 Å². The number of nitrogens with one attached hydrogen (secondary N) is 1. The number of likely N-dealkylation sites (N-methyl/N-ethyl adjacent to an activating group) is 1. The van der Waals surface area contributed by atoms with Gasteiger partial charge in [-0.2, -0.15) is 0 Å².